The number of hydrogen-bond acceptors (Lipinski definition) is 7. The molecule has 33 heavy (non-hydrogen) atoms. The van der Waals surface area contributed by atoms with E-state index < -0.39 is 5.25 Å². The summed E-state index contributed by atoms with van der Waals surface area (Å²) < 4.78 is 12.7. The Bertz CT molecular complexity index is 1100. The molecule has 1 atom stereocenters. The van der Waals surface area contributed by atoms with Crippen LogP contribution in [0.3, 0.4) is 0 Å². The van der Waals surface area contributed by atoms with Crippen LogP contribution in [0.15, 0.2) is 47.6 Å². The first-order valence-corrected chi connectivity index (χ1v) is 11.7. The Hall–Kier alpha value is -3.20. The molecule has 1 amide bonds. The van der Waals surface area contributed by atoms with E-state index in [0.717, 1.165) is 28.2 Å². The highest BCUT2D eigenvalue weighted by Gasteiger charge is 2.20. The van der Waals surface area contributed by atoms with Crippen molar-refractivity contribution in [1.29, 1.82) is 0 Å². The van der Waals surface area contributed by atoms with E-state index in [4.69, 9.17) is 15.3 Å². The number of benzene rings is 2. The zero-order valence-corrected chi connectivity index (χ0v) is 20.5. The Morgan fingerprint density at radius 3 is 2.64 bits per heavy atom. The van der Waals surface area contributed by atoms with Gasteiger partial charge in [0.15, 0.2) is 5.82 Å². The number of carbonyl (C=O) groups is 1. The van der Waals surface area contributed by atoms with Gasteiger partial charge in [-0.2, -0.15) is 0 Å². The molecule has 0 saturated carbocycles. The summed E-state index contributed by atoms with van der Waals surface area (Å²) in [6.07, 6.45) is 0. The van der Waals surface area contributed by atoms with Gasteiger partial charge in [-0.05, 0) is 43.0 Å². The third-order valence-corrected chi connectivity index (χ3v) is 6.24. The number of ether oxygens (including phenoxy) is 2. The summed E-state index contributed by atoms with van der Waals surface area (Å²) in [5.74, 6) is 8.42. The standard InChI is InChI=1S/C24H31N5O3S/c1-15(2)19-11-10-16(3)12-21(19)32-14-22-27-28-24(29(22)25)33-17(4)23(30)26-13-18-8-6-7-9-20(18)31-5/h6-12,15,17H,13-14,25H2,1-5H3,(H,26,30). The predicted molar refractivity (Wildman–Crippen MR) is 130 cm³/mol. The number of amides is 1. The first-order chi connectivity index (χ1) is 15.8. The van der Waals surface area contributed by atoms with Gasteiger partial charge in [0.1, 0.15) is 18.1 Å². The van der Waals surface area contributed by atoms with Gasteiger partial charge in [-0.1, -0.05) is 55.9 Å². The van der Waals surface area contributed by atoms with Crippen LogP contribution >= 0.6 is 11.8 Å². The summed E-state index contributed by atoms with van der Waals surface area (Å²) in [4.78, 5) is 12.6. The minimum atomic E-state index is -0.413. The second-order valence-electron chi connectivity index (χ2n) is 8.04. The summed E-state index contributed by atoms with van der Waals surface area (Å²) >= 11 is 1.24. The Morgan fingerprint density at radius 1 is 1.15 bits per heavy atom. The average molecular weight is 470 g/mol. The lowest BCUT2D eigenvalue weighted by Crippen LogP contribution is -2.31. The number of aryl methyl sites for hydroxylation is 1. The fourth-order valence-electron chi connectivity index (χ4n) is 3.26. The number of carbonyl (C=O) groups excluding carboxylic acids is 1. The van der Waals surface area contributed by atoms with Crippen molar-refractivity contribution in [3.8, 4) is 11.5 Å². The number of para-hydroxylation sites is 1. The molecule has 0 fully saturated rings. The number of rotatable bonds is 10. The first-order valence-electron chi connectivity index (χ1n) is 10.8. The van der Waals surface area contributed by atoms with Crippen molar-refractivity contribution in [3.63, 3.8) is 0 Å². The van der Waals surface area contributed by atoms with E-state index in [-0.39, 0.29) is 12.5 Å². The van der Waals surface area contributed by atoms with Gasteiger partial charge >= 0.3 is 0 Å². The van der Waals surface area contributed by atoms with E-state index in [1.807, 2.05) is 37.3 Å². The van der Waals surface area contributed by atoms with E-state index in [0.29, 0.717) is 23.4 Å². The summed E-state index contributed by atoms with van der Waals surface area (Å²) in [6.45, 7) is 8.63. The third-order valence-electron chi connectivity index (χ3n) is 5.18. The largest absolute Gasteiger partial charge is 0.496 e. The van der Waals surface area contributed by atoms with E-state index >= 15 is 0 Å². The lowest BCUT2D eigenvalue weighted by molar-refractivity contribution is -0.120. The van der Waals surface area contributed by atoms with Crippen molar-refractivity contribution in [3.05, 3.63) is 65.0 Å². The van der Waals surface area contributed by atoms with Crippen LogP contribution in [0.25, 0.3) is 0 Å². The summed E-state index contributed by atoms with van der Waals surface area (Å²) in [7, 11) is 1.61. The monoisotopic (exact) mass is 469 g/mol. The van der Waals surface area contributed by atoms with E-state index in [2.05, 4.69) is 41.5 Å². The Balaban J connectivity index is 1.59. The number of nitrogens with zero attached hydrogens (tertiary/aromatic N) is 3. The van der Waals surface area contributed by atoms with Crippen LogP contribution in [0.4, 0.5) is 0 Å². The fraction of sp³-hybridized carbons (Fsp3) is 0.375. The van der Waals surface area contributed by atoms with Gasteiger partial charge < -0.3 is 20.6 Å². The zero-order chi connectivity index (χ0) is 24.0. The van der Waals surface area contributed by atoms with Crippen LogP contribution in [0.2, 0.25) is 0 Å². The molecule has 3 aromatic rings. The fourth-order valence-corrected chi connectivity index (χ4v) is 4.07. The normalized spacial score (nSPS) is 11.9. The molecule has 3 N–H and O–H groups in total. The number of nitrogen functional groups attached to an aromatic ring is 1. The van der Waals surface area contributed by atoms with Crippen molar-refractivity contribution in [2.45, 2.75) is 57.2 Å². The van der Waals surface area contributed by atoms with Gasteiger partial charge in [-0.3, -0.25) is 4.79 Å². The van der Waals surface area contributed by atoms with E-state index in [1.54, 1.807) is 14.0 Å². The highest BCUT2D eigenvalue weighted by molar-refractivity contribution is 8.00. The minimum absolute atomic E-state index is 0.131. The molecule has 1 aromatic heterocycles. The molecule has 0 radical (unpaired) electrons. The molecule has 176 valence electrons. The number of methoxy groups -OCH3 is 1. The smallest absolute Gasteiger partial charge is 0.233 e. The van der Waals surface area contributed by atoms with Crippen molar-refractivity contribution in [2.24, 2.45) is 0 Å². The highest BCUT2D eigenvalue weighted by Crippen LogP contribution is 2.28. The van der Waals surface area contributed by atoms with Crippen LogP contribution in [-0.4, -0.2) is 33.1 Å². The van der Waals surface area contributed by atoms with Crippen molar-refractivity contribution >= 4 is 17.7 Å². The van der Waals surface area contributed by atoms with E-state index in [9.17, 15) is 4.79 Å². The Morgan fingerprint density at radius 2 is 1.91 bits per heavy atom. The lowest BCUT2D eigenvalue weighted by Gasteiger charge is -2.15. The SMILES string of the molecule is COc1ccccc1CNC(=O)C(C)Sc1nnc(COc2cc(C)ccc2C(C)C)n1N. The summed E-state index contributed by atoms with van der Waals surface area (Å²) in [5.41, 5.74) is 3.15. The molecule has 1 heterocycles. The van der Waals surface area contributed by atoms with Crippen LogP contribution in [0, 0.1) is 6.92 Å². The molecule has 0 aliphatic rings. The maximum atomic E-state index is 12.6. The zero-order valence-electron chi connectivity index (χ0n) is 19.7. The van der Waals surface area contributed by atoms with Crippen LogP contribution in [0.5, 0.6) is 11.5 Å². The minimum Gasteiger partial charge on any atom is -0.496 e. The number of thioether (sulfide) groups is 1. The first kappa shape index (κ1) is 24.4. The topological polar surface area (TPSA) is 104 Å². The van der Waals surface area contributed by atoms with Gasteiger partial charge in [-0.25, -0.2) is 4.68 Å². The quantitative estimate of drug-likeness (QED) is 0.344. The highest BCUT2D eigenvalue weighted by atomic mass is 32.2. The van der Waals surface area contributed by atoms with Gasteiger partial charge in [0.25, 0.3) is 0 Å². The molecule has 8 nitrogen and oxygen atoms in total. The Labute approximate surface area is 198 Å². The summed E-state index contributed by atoms with van der Waals surface area (Å²) in [6, 6.07) is 13.7. The second-order valence-corrected chi connectivity index (χ2v) is 9.35. The number of nitrogens with one attached hydrogen (secondary N) is 1. The van der Waals surface area contributed by atoms with E-state index in [1.165, 1.54) is 16.4 Å². The molecule has 0 bridgehead atoms. The molecule has 2 aromatic carbocycles. The predicted octanol–water partition coefficient (Wildman–Crippen LogP) is 3.81. The molecule has 9 heteroatoms. The molecule has 0 spiro atoms. The van der Waals surface area contributed by atoms with Gasteiger partial charge in [-0.15, -0.1) is 10.2 Å². The average Bonchev–Trinajstić information content (AvgIpc) is 3.14. The number of nitrogens with two attached hydrogens (primary N) is 1. The molecular formula is C24H31N5O3S. The van der Waals surface area contributed by atoms with Crippen LogP contribution in [-0.2, 0) is 17.9 Å². The van der Waals surface area contributed by atoms with Gasteiger partial charge in [0, 0.05) is 12.1 Å². The molecule has 0 aliphatic heterocycles. The van der Waals surface area contributed by atoms with Crippen molar-refractivity contribution in [2.75, 3.05) is 13.0 Å². The molecule has 1 unspecified atom stereocenters. The third kappa shape index (κ3) is 6.19. The molecule has 0 aliphatic carbocycles. The number of hydrogen-bond donors (Lipinski definition) is 2. The summed E-state index contributed by atoms with van der Waals surface area (Å²) in [5, 5.41) is 11.3. The molecule has 0 saturated heterocycles. The lowest BCUT2D eigenvalue weighted by atomic mass is 10.0. The Kier molecular flexibility index (Phi) is 8.21. The van der Waals surface area contributed by atoms with Crippen molar-refractivity contribution in [1.82, 2.24) is 20.2 Å². The number of aromatic nitrogens is 3. The maximum Gasteiger partial charge on any atom is 0.233 e. The second kappa shape index (κ2) is 11.1. The molecular weight excluding hydrogens is 438 g/mol. The van der Waals surface area contributed by atoms with Gasteiger partial charge in [0.05, 0.1) is 12.4 Å². The van der Waals surface area contributed by atoms with Crippen molar-refractivity contribution < 1.29 is 14.3 Å². The molecule has 3 rings (SSSR count). The van der Waals surface area contributed by atoms with Crippen LogP contribution in [0.1, 0.15) is 49.2 Å². The van der Waals surface area contributed by atoms with Crippen LogP contribution < -0.4 is 20.6 Å². The van der Waals surface area contributed by atoms with Gasteiger partial charge in [0.2, 0.25) is 11.1 Å². The maximum absolute atomic E-state index is 12.6.